The van der Waals surface area contributed by atoms with Crippen LogP contribution in [0.15, 0.2) is 0 Å². The topological polar surface area (TPSA) is 44.5 Å². The predicted octanol–water partition coefficient (Wildman–Crippen LogP) is -0.180. The predicted molar refractivity (Wildman–Crippen MR) is 29.0 cm³/mol. The second kappa shape index (κ2) is 2.99. The van der Waals surface area contributed by atoms with Gasteiger partial charge in [-0.3, -0.25) is 0 Å². The summed E-state index contributed by atoms with van der Waals surface area (Å²) in [7, 11) is 3.08. The fraction of sp³-hybridized carbons (Fsp3) is 1.00. The van der Waals surface area contributed by atoms with Crippen LogP contribution in [0.3, 0.4) is 0 Å². The van der Waals surface area contributed by atoms with Crippen molar-refractivity contribution in [2.75, 3.05) is 20.8 Å². The van der Waals surface area contributed by atoms with Crippen molar-refractivity contribution in [3.8, 4) is 0 Å². The molecule has 8 heavy (non-hydrogen) atoms. The Hall–Kier alpha value is -0.160. The lowest BCUT2D eigenvalue weighted by atomic mass is 10.9. The smallest absolute Gasteiger partial charge is 0.150 e. The molecule has 0 saturated heterocycles. The molecular formula is C4H13N2O2+. The summed E-state index contributed by atoms with van der Waals surface area (Å²) in [5, 5.41) is 0. The van der Waals surface area contributed by atoms with Gasteiger partial charge in [0, 0.05) is 4.92 Å². The van der Waals surface area contributed by atoms with Crippen molar-refractivity contribution in [3.05, 3.63) is 0 Å². The van der Waals surface area contributed by atoms with Crippen molar-refractivity contribution in [2.24, 2.45) is 5.84 Å². The third kappa shape index (κ3) is 2.92. The van der Waals surface area contributed by atoms with Crippen LogP contribution in [0.5, 0.6) is 0 Å². The Labute approximate surface area is 49.2 Å². The fourth-order valence-electron chi connectivity index (χ4n) is 0.309. The van der Waals surface area contributed by atoms with Gasteiger partial charge in [-0.1, -0.05) is 0 Å². The molecule has 0 saturated carbocycles. The quantitative estimate of drug-likeness (QED) is 0.320. The van der Waals surface area contributed by atoms with E-state index in [-0.39, 0.29) is 4.92 Å². The summed E-state index contributed by atoms with van der Waals surface area (Å²) in [4.78, 5) is 9.21. The first-order valence-corrected chi connectivity index (χ1v) is 2.47. The van der Waals surface area contributed by atoms with Gasteiger partial charge >= 0.3 is 0 Å². The Morgan fingerprint density at radius 3 is 2.25 bits per heavy atom. The van der Waals surface area contributed by atoms with E-state index in [1.807, 2.05) is 6.92 Å². The summed E-state index contributed by atoms with van der Waals surface area (Å²) in [5.74, 6) is 5.32. The van der Waals surface area contributed by atoms with Crippen LogP contribution in [0.25, 0.3) is 0 Å². The van der Waals surface area contributed by atoms with E-state index >= 15 is 0 Å². The van der Waals surface area contributed by atoms with Crippen LogP contribution in [-0.4, -0.2) is 25.7 Å². The Morgan fingerprint density at radius 2 is 2.12 bits per heavy atom. The van der Waals surface area contributed by atoms with E-state index in [0.717, 1.165) is 0 Å². The second-order valence-electron chi connectivity index (χ2n) is 1.51. The highest BCUT2D eigenvalue weighted by Crippen LogP contribution is 1.91. The first kappa shape index (κ1) is 7.84. The Balaban J connectivity index is 3.37. The number of quaternary nitrogens is 1. The Kier molecular flexibility index (Phi) is 2.93. The minimum atomic E-state index is -0.337. The van der Waals surface area contributed by atoms with E-state index in [1.165, 1.54) is 7.11 Å². The summed E-state index contributed by atoms with van der Waals surface area (Å²) < 4.78 is 0. The van der Waals surface area contributed by atoms with Crippen molar-refractivity contribution < 1.29 is 14.6 Å². The lowest BCUT2D eigenvalue weighted by Crippen LogP contribution is -2.49. The van der Waals surface area contributed by atoms with Crippen LogP contribution < -0.4 is 5.84 Å². The maximum atomic E-state index is 5.32. The first-order valence-electron chi connectivity index (χ1n) is 2.47. The van der Waals surface area contributed by atoms with Gasteiger partial charge in [0.1, 0.15) is 13.7 Å². The first-order chi connectivity index (χ1) is 3.62. The third-order valence-electron chi connectivity index (χ3n) is 0.748. The van der Waals surface area contributed by atoms with Crippen molar-refractivity contribution >= 4 is 0 Å². The number of nitrogens with zero attached hydrogens (tertiary/aromatic N) is 1. The zero-order chi connectivity index (χ0) is 6.62. The van der Waals surface area contributed by atoms with E-state index in [0.29, 0.717) is 6.61 Å². The molecule has 0 aromatic carbocycles. The molecule has 0 aliphatic heterocycles. The van der Waals surface area contributed by atoms with Gasteiger partial charge in [-0.2, -0.15) is 4.84 Å². The molecule has 0 aliphatic carbocycles. The zero-order valence-electron chi connectivity index (χ0n) is 5.55. The van der Waals surface area contributed by atoms with Crippen molar-refractivity contribution in [3.63, 3.8) is 0 Å². The van der Waals surface area contributed by atoms with Crippen LogP contribution in [0.1, 0.15) is 6.92 Å². The average Bonchev–Trinajstić information content (AvgIpc) is 1.67. The highest BCUT2D eigenvalue weighted by atomic mass is 17.0. The SMILES string of the molecule is CCO[N+](C)(N)OC. The highest BCUT2D eigenvalue weighted by molar-refractivity contribution is 3.91. The van der Waals surface area contributed by atoms with E-state index in [1.54, 1.807) is 7.05 Å². The molecule has 0 heterocycles. The summed E-state index contributed by atoms with van der Waals surface area (Å²) in [6, 6.07) is 0. The van der Waals surface area contributed by atoms with Gasteiger partial charge in [-0.15, -0.1) is 10.7 Å². The van der Waals surface area contributed by atoms with Gasteiger partial charge in [0.2, 0.25) is 0 Å². The van der Waals surface area contributed by atoms with Gasteiger partial charge in [-0.25, -0.2) is 0 Å². The Morgan fingerprint density at radius 1 is 1.62 bits per heavy atom. The van der Waals surface area contributed by atoms with Gasteiger partial charge in [0.15, 0.2) is 7.05 Å². The molecular weight excluding hydrogens is 108 g/mol. The van der Waals surface area contributed by atoms with E-state index < -0.39 is 0 Å². The van der Waals surface area contributed by atoms with Crippen LogP contribution >= 0.6 is 0 Å². The minimum absolute atomic E-state index is 0.337. The summed E-state index contributed by atoms with van der Waals surface area (Å²) in [6.45, 7) is 2.39. The van der Waals surface area contributed by atoms with Crippen molar-refractivity contribution in [2.45, 2.75) is 6.92 Å². The summed E-state index contributed by atoms with van der Waals surface area (Å²) >= 11 is 0. The molecule has 0 spiro atoms. The maximum absolute atomic E-state index is 5.32. The van der Waals surface area contributed by atoms with Gasteiger partial charge in [0.25, 0.3) is 0 Å². The van der Waals surface area contributed by atoms with Gasteiger partial charge in [0.05, 0.1) is 0 Å². The van der Waals surface area contributed by atoms with Gasteiger partial charge in [-0.05, 0) is 6.92 Å². The number of rotatable bonds is 3. The van der Waals surface area contributed by atoms with Crippen LogP contribution in [0, 0.1) is 0 Å². The molecule has 0 aromatic heterocycles. The molecule has 1 atom stereocenters. The van der Waals surface area contributed by atoms with Crippen LogP contribution in [-0.2, 0) is 9.68 Å². The molecule has 50 valence electrons. The third-order valence-corrected chi connectivity index (χ3v) is 0.748. The average molecular weight is 121 g/mol. The molecule has 0 rings (SSSR count). The highest BCUT2D eigenvalue weighted by Gasteiger charge is 2.14. The van der Waals surface area contributed by atoms with Crippen LogP contribution in [0.4, 0.5) is 0 Å². The largest absolute Gasteiger partial charge is 0.152 e. The van der Waals surface area contributed by atoms with Crippen molar-refractivity contribution in [1.29, 1.82) is 0 Å². The number of hydroxylamine groups is 2. The molecule has 0 amide bonds. The van der Waals surface area contributed by atoms with E-state index in [4.69, 9.17) is 10.7 Å². The molecule has 0 aromatic rings. The van der Waals surface area contributed by atoms with Crippen molar-refractivity contribution in [1.82, 2.24) is 0 Å². The summed E-state index contributed by atoms with van der Waals surface area (Å²) in [6.07, 6.45) is 0. The van der Waals surface area contributed by atoms with E-state index in [2.05, 4.69) is 4.84 Å². The monoisotopic (exact) mass is 121 g/mol. The Bertz CT molecular complexity index is 65.1. The lowest BCUT2D eigenvalue weighted by Gasteiger charge is -2.18. The standard InChI is InChI=1S/C4H13N2O2/c1-4-8-6(2,5)7-3/h4-5H2,1-3H3/q+1. The molecule has 0 bridgehead atoms. The normalized spacial score (nSPS) is 18.0. The number of nitrogens with two attached hydrogens (primary N) is 1. The molecule has 2 N–H and O–H groups in total. The molecule has 4 nitrogen and oxygen atoms in total. The zero-order valence-corrected chi connectivity index (χ0v) is 5.55. The maximum Gasteiger partial charge on any atom is 0.152 e. The molecule has 0 radical (unpaired) electrons. The second-order valence-corrected chi connectivity index (χ2v) is 1.51. The van der Waals surface area contributed by atoms with Crippen LogP contribution in [0.2, 0.25) is 0 Å². The number of hydrogen-bond donors (Lipinski definition) is 1. The summed E-state index contributed by atoms with van der Waals surface area (Å²) in [5.41, 5.74) is 0. The molecule has 0 aliphatic rings. The fourth-order valence-corrected chi connectivity index (χ4v) is 0.309. The molecule has 0 fully saturated rings. The molecule has 4 heteroatoms. The number of hydrogen-bond acceptors (Lipinski definition) is 3. The molecule has 1 unspecified atom stereocenters. The van der Waals surface area contributed by atoms with E-state index in [9.17, 15) is 0 Å². The minimum Gasteiger partial charge on any atom is -0.150 e. The lowest BCUT2D eigenvalue weighted by molar-refractivity contribution is -1.24. The van der Waals surface area contributed by atoms with Gasteiger partial charge < -0.3 is 0 Å².